The quantitative estimate of drug-likeness (QED) is 0.512. The van der Waals surface area contributed by atoms with E-state index >= 15 is 0 Å². The molecule has 0 saturated carbocycles. The molecule has 2 aromatic heterocycles. The molecule has 0 fully saturated rings. The largest absolute Gasteiger partial charge is 0.484 e. The second kappa shape index (κ2) is 9.54. The van der Waals surface area contributed by atoms with Crippen LogP contribution in [-0.4, -0.2) is 28.9 Å². The van der Waals surface area contributed by atoms with Gasteiger partial charge in [0.05, 0.1) is 6.54 Å². The van der Waals surface area contributed by atoms with Crippen molar-refractivity contribution in [2.24, 2.45) is 0 Å². The van der Waals surface area contributed by atoms with Crippen molar-refractivity contribution in [1.29, 1.82) is 0 Å². The third-order valence-corrected chi connectivity index (χ3v) is 4.54. The number of rotatable bonds is 9. The summed E-state index contributed by atoms with van der Waals surface area (Å²) in [6, 6.07) is 16.5. The van der Waals surface area contributed by atoms with E-state index < -0.39 is 0 Å². The summed E-state index contributed by atoms with van der Waals surface area (Å²) in [5.74, 6) is 1.69. The van der Waals surface area contributed by atoms with Crippen molar-refractivity contribution in [1.82, 2.24) is 9.88 Å². The summed E-state index contributed by atoms with van der Waals surface area (Å²) in [7, 11) is 0. The predicted octanol–water partition coefficient (Wildman–Crippen LogP) is 4.53. The van der Waals surface area contributed by atoms with E-state index in [9.17, 15) is 4.79 Å². The van der Waals surface area contributed by atoms with Crippen molar-refractivity contribution in [2.45, 2.75) is 6.54 Å². The van der Waals surface area contributed by atoms with Crippen LogP contribution < -0.4 is 9.47 Å². The Kier molecular flexibility index (Phi) is 6.60. The van der Waals surface area contributed by atoms with Crippen LogP contribution in [0.3, 0.4) is 0 Å². The number of carbonyl (C=O) groups excluding carboxylic acids is 1. The summed E-state index contributed by atoms with van der Waals surface area (Å²) in [4.78, 5) is 19.4. The van der Waals surface area contributed by atoms with Gasteiger partial charge in [-0.2, -0.15) is 0 Å². The van der Waals surface area contributed by atoms with Gasteiger partial charge in [-0.15, -0.1) is 17.9 Å². The highest BCUT2D eigenvalue weighted by atomic mass is 32.1. The maximum atomic E-state index is 12.5. The fourth-order valence-corrected chi connectivity index (χ4v) is 3.09. The molecule has 138 valence electrons. The van der Waals surface area contributed by atoms with Gasteiger partial charge in [0.2, 0.25) is 5.88 Å². The summed E-state index contributed by atoms with van der Waals surface area (Å²) >= 11 is 1.62. The minimum absolute atomic E-state index is 0.0281. The maximum absolute atomic E-state index is 12.5. The van der Waals surface area contributed by atoms with Gasteiger partial charge >= 0.3 is 0 Å². The fourth-order valence-electron chi connectivity index (χ4n) is 2.37. The SMILES string of the molecule is C=CCN(Cc1cccs1)C(=O)COc1ccc(Oc2ccccn2)cc1. The third-order valence-electron chi connectivity index (χ3n) is 3.68. The van der Waals surface area contributed by atoms with Gasteiger partial charge in [0.1, 0.15) is 11.5 Å². The standard InChI is InChI=1S/C21H20N2O3S/c1-2-13-23(15-19-6-5-14-27-19)21(24)16-25-17-8-10-18(11-9-17)26-20-7-3-4-12-22-20/h2-12,14H,1,13,15-16H2. The first-order chi connectivity index (χ1) is 13.2. The van der Waals surface area contributed by atoms with Crippen molar-refractivity contribution in [3.05, 3.63) is 83.7 Å². The molecule has 0 saturated heterocycles. The highest BCUT2D eigenvalue weighted by Gasteiger charge is 2.14. The average Bonchev–Trinajstić information content (AvgIpc) is 3.21. The smallest absolute Gasteiger partial charge is 0.261 e. The van der Waals surface area contributed by atoms with Crippen LogP contribution in [0.4, 0.5) is 0 Å². The van der Waals surface area contributed by atoms with Crippen LogP contribution in [0.15, 0.2) is 78.8 Å². The minimum atomic E-state index is -0.0860. The number of amides is 1. The molecule has 0 atom stereocenters. The van der Waals surface area contributed by atoms with Crippen molar-refractivity contribution >= 4 is 17.2 Å². The lowest BCUT2D eigenvalue weighted by Gasteiger charge is -2.20. The van der Waals surface area contributed by atoms with Gasteiger partial charge < -0.3 is 14.4 Å². The Morgan fingerprint density at radius 1 is 1.11 bits per heavy atom. The first-order valence-corrected chi connectivity index (χ1v) is 9.35. The molecule has 0 aliphatic carbocycles. The van der Waals surface area contributed by atoms with E-state index in [1.54, 1.807) is 58.8 Å². The molecule has 0 aliphatic rings. The van der Waals surface area contributed by atoms with E-state index in [2.05, 4.69) is 11.6 Å². The molecule has 6 heteroatoms. The topological polar surface area (TPSA) is 51.7 Å². The zero-order valence-corrected chi connectivity index (χ0v) is 15.6. The van der Waals surface area contributed by atoms with Crippen LogP contribution in [0.2, 0.25) is 0 Å². The highest BCUT2D eigenvalue weighted by Crippen LogP contribution is 2.22. The van der Waals surface area contributed by atoms with Crippen molar-refractivity contribution < 1.29 is 14.3 Å². The van der Waals surface area contributed by atoms with Crippen LogP contribution in [0.5, 0.6) is 17.4 Å². The van der Waals surface area contributed by atoms with E-state index in [1.165, 1.54) is 0 Å². The Labute approximate surface area is 162 Å². The van der Waals surface area contributed by atoms with Gasteiger partial charge in [0.25, 0.3) is 5.91 Å². The molecular formula is C21H20N2O3S. The lowest BCUT2D eigenvalue weighted by Crippen LogP contribution is -2.34. The Hall–Kier alpha value is -3.12. The molecule has 2 heterocycles. The number of carbonyl (C=O) groups is 1. The van der Waals surface area contributed by atoms with Crippen molar-refractivity contribution in [2.75, 3.05) is 13.2 Å². The van der Waals surface area contributed by atoms with E-state index in [4.69, 9.17) is 9.47 Å². The summed E-state index contributed by atoms with van der Waals surface area (Å²) < 4.78 is 11.3. The minimum Gasteiger partial charge on any atom is -0.484 e. The monoisotopic (exact) mass is 380 g/mol. The van der Waals surface area contributed by atoms with E-state index in [-0.39, 0.29) is 12.5 Å². The summed E-state index contributed by atoms with van der Waals surface area (Å²) in [6.45, 7) is 4.74. The molecule has 3 rings (SSSR count). The summed E-state index contributed by atoms with van der Waals surface area (Å²) in [5.41, 5.74) is 0. The van der Waals surface area contributed by atoms with Crippen LogP contribution in [0.25, 0.3) is 0 Å². The normalized spacial score (nSPS) is 10.2. The van der Waals surface area contributed by atoms with E-state index in [0.717, 1.165) is 4.88 Å². The first-order valence-electron chi connectivity index (χ1n) is 8.47. The molecular weight excluding hydrogens is 360 g/mol. The molecule has 0 bridgehead atoms. The van der Waals surface area contributed by atoms with Crippen molar-refractivity contribution in [3.8, 4) is 17.4 Å². The van der Waals surface area contributed by atoms with Gasteiger partial charge in [0, 0.05) is 23.7 Å². The molecule has 1 amide bonds. The molecule has 0 radical (unpaired) electrons. The Bertz CT molecular complexity index is 849. The second-order valence-electron chi connectivity index (χ2n) is 5.67. The van der Waals surface area contributed by atoms with E-state index in [0.29, 0.717) is 30.5 Å². The molecule has 0 aliphatic heterocycles. The maximum Gasteiger partial charge on any atom is 0.261 e. The third kappa shape index (κ3) is 5.69. The van der Waals surface area contributed by atoms with Crippen molar-refractivity contribution in [3.63, 3.8) is 0 Å². The Morgan fingerprint density at radius 3 is 2.59 bits per heavy atom. The molecule has 0 spiro atoms. The van der Waals surface area contributed by atoms with Gasteiger partial charge in [-0.25, -0.2) is 4.98 Å². The molecule has 5 nitrogen and oxygen atoms in total. The van der Waals surface area contributed by atoms with Gasteiger partial charge in [-0.1, -0.05) is 18.2 Å². The average molecular weight is 380 g/mol. The molecule has 1 aromatic carbocycles. The zero-order valence-electron chi connectivity index (χ0n) is 14.8. The first kappa shape index (κ1) is 18.7. The molecule has 0 unspecified atom stereocenters. The van der Waals surface area contributed by atoms with Crippen LogP contribution in [0, 0.1) is 0 Å². The zero-order chi connectivity index (χ0) is 18.9. The van der Waals surface area contributed by atoms with Gasteiger partial charge in [-0.3, -0.25) is 4.79 Å². The van der Waals surface area contributed by atoms with Crippen LogP contribution in [0.1, 0.15) is 4.88 Å². The number of nitrogens with zero attached hydrogens (tertiary/aromatic N) is 2. The number of hydrogen-bond donors (Lipinski definition) is 0. The highest BCUT2D eigenvalue weighted by molar-refractivity contribution is 7.09. The van der Waals surface area contributed by atoms with E-state index in [1.807, 2.05) is 29.6 Å². The predicted molar refractivity (Wildman–Crippen MR) is 106 cm³/mol. The molecule has 3 aromatic rings. The summed E-state index contributed by atoms with van der Waals surface area (Å²) in [6.07, 6.45) is 3.39. The van der Waals surface area contributed by atoms with Gasteiger partial charge in [-0.05, 0) is 41.8 Å². The Balaban J connectivity index is 1.53. The number of benzene rings is 1. The molecule has 0 N–H and O–H groups in total. The number of pyridine rings is 1. The second-order valence-corrected chi connectivity index (χ2v) is 6.70. The number of thiophene rings is 1. The number of aromatic nitrogens is 1. The lowest BCUT2D eigenvalue weighted by atomic mass is 10.3. The van der Waals surface area contributed by atoms with Crippen LogP contribution >= 0.6 is 11.3 Å². The summed E-state index contributed by atoms with van der Waals surface area (Å²) in [5, 5.41) is 2.00. The Morgan fingerprint density at radius 2 is 1.93 bits per heavy atom. The lowest BCUT2D eigenvalue weighted by molar-refractivity contribution is -0.133. The number of hydrogen-bond acceptors (Lipinski definition) is 5. The van der Waals surface area contributed by atoms with Crippen LogP contribution in [-0.2, 0) is 11.3 Å². The van der Waals surface area contributed by atoms with Gasteiger partial charge in [0.15, 0.2) is 6.61 Å². The molecule has 27 heavy (non-hydrogen) atoms. The fraction of sp³-hybridized carbons (Fsp3) is 0.143. The number of ether oxygens (including phenoxy) is 2.